The van der Waals surface area contributed by atoms with E-state index in [1.807, 2.05) is 13.1 Å². The fraction of sp³-hybridized carbons (Fsp3) is 0.647. The first-order valence-electron chi connectivity index (χ1n) is 7.72. The molecule has 0 aliphatic heterocycles. The molecule has 0 saturated heterocycles. The van der Waals surface area contributed by atoms with Crippen LogP contribution in [0.25, 0.3) is 0 Å². The SMILES string of the molecule is CNC(CC1CC2CCC1C2)c1c(F)cccc1OC. The first kappa shape index (κ1) is 13.9. The molecule has 0 heterocycles. The molecule has 0 aromatic heterocycles. The molecule has 110 valence electrons. The van der Waals surface area contributed by atoms with Crippen molar-refractivity contribution < 1.29 is 9.13 Å². The van der Waals surface area contributed by atoms with Crippen molar-refractivity contribution in [1.29, 1.82) is 0 Å². The normalized spacial score (nSPS) is 29.6. The van der Waals surface area contributed by atoms with E-state index < -0.39 is 0 Å². The van der Waals surface area contributed by atoms with Gasteiger partial charge in [0.25, 0.3) is 0 Å². The van der Waals surface area contributed by atoms with Crippen molar-refractivity contribution in [3.63, 3.8) is 0 Å². The summed E-state index contributed by atoms with van der Waals surface area (Å²) in [5.41, 5.74) is 0.695. The highest BCUT2D eigenvalue weighted by Gasteiger charge is 2.40. The van der Waals surface area contributed by atoms with Crippen molar-refractivity contribution >= 4 is 0 Å². The van der Waals surface area contributed by atoms with Crippen molar-refractivity contribution in [2.45, 2.75) is 38.1 Å². The lowest BCUT2D eigenvalue weighted by atomic mass is 9.82. The van der Waals surface area contributed by atoms with Crippen molar-refractivity contribution in [3.05, 3.63) is 29.6 Å². The summed E-state index contributed by atoms with van der Waals surface area (Å²) < 4.78 is 19.6. The summed E-state index contributed by atoms with van der Waals surface area (Å²) >= 11 is 0. The number of ether oxygens (including phenoxy) is 1. The Kier molecular flexibility index (Phi) is 3.97. The molecular formula is C17H24FNO. The zero-order chi connectivity index (χ0) is 14.1. The third-order valence-electron chi connectivity index (χ3n) is 5.35. The Labute approximate surface area is 120 Å². The summed E-state index contributed by atoms with van der Waals surface area (Å²) in [6.07, 6.45) is 6.54. The number of rotatable bonds is 5. The predicted molar refractivity (Wildman–Crippen MR) is 78.3 cm³/mol. The smallest absolute Gasteiger partial charge is 0.131 e. The van der Waals surface area contributed by atoms with Crippen LogP contribution in [0.2, 0.25) is 0 Å². The van der Waals surface area contributed by atoms with Crippen LogP contribution < -0.4 is 10.1 Å². The van der Waals surface area contributed by atoms with Gasteiger partial charge in [0, 0.05) is 11.6 Å². The van der Waals surface area contributed by atoms with Gasteiger partial charge in [0.15, 0.2) is 0 Å². The summed E-state index contributed by atoms with van der Waals surface area (Å²) in [6, 6.07) is 5.14. The van der Waals surface area contributed by atoms with Crippen LogP contribution in [0.15, 0.2) is 18.2 Å². The largest absolute Gasteiger partial charge is 0.496 e. The number of hydrogen-bond donors (Lipinski definition) is 1. The summed E-state index contributed by atoms with van der Waals surface area (Å²) in [5, 5.41) is 3.30. The van der Waals surface area contributed by atoms with Gasteiger partial charge >= 0.3 is 0 Å². The molecule has 2 fully saturated rings. The van der Waals surface area contributed by atoms with Crippen LogP contribution in [0.5, 0.6) is 5.75 Å². The summed E-state index contributed by atoms with van der Waals surface area (Å²) in [6.45, 7) is 0. The molecular weight excluding hydrogens is 253 g/mol. The van der Waals surface area contributed by atoms with Crippen molar-refractivity contribution in [2.75, 3.05) is 14.2 Å². The molecule has 1 aromatic rings. The molecule has 4 unspecified atom stereocenters. The van der Waals surface area contributed by atoms with Crippen molar-refractivity contribution in [2.24, 2.45) is 17.8 Å². The molecule has 2 saturated carbocycles. The molecule has 3 rings (SSSR count). The summed E-state index contributed by atoms with van der Waals surface area (Å²) in [7, 11) is 3.53. The van der Waals surface area contributed by atoms with E-state index in [9.17, 15) is 4.39 Å². The number of nitrogens with one attached hydrogen (secondary N) is 1. The Morgan fingerprint density at radius 2 is 2.20 bits per heavy atom. The van der Waals surface area contributed by atoms with E-state index >= 15 is 0 Å². The van der Waals surface area contributed by atoms with Gasteiger partial charge in [0.1, 0.15) is 11.6 Å². The molecule has 2 aliphatic carbocycles. The highest BCUT2D eigenvalue weighted by Crippen LogP contribution is 2.51. The minimum absolute atomic E-state index is 0.0514. The maximum Gasteiger partial charge on any atom is 0.131 e. The van der Waals surface area contributed by atoms with Gasteiger partial charge in [-0.15, -0.1) is 0 Å². The predicted octanol–water partition coefficient (Wildman–Crippen LogP) is 3.92. The van der Waals surface area contributed by atoms with E-state index in [-0.39, 0.29) is 11.9 Å². The van der Waals surface area contributed by atoms with Crippen LogP contribution in [0.1, 0.15) is 43.7 Å². The fourth-order valence-electron chi connectivity index (χ4n) is 4.38. The van der Waals surface area contributed by atoms with Gasteiger partial charge in [-0.1, -0.05) is 12.5 Å². The summed E-state index contributed by atoms with van der Waals surface area (Å²) in [4.78, 5) is 0. The van der Waals surface area contributed by atoms with Gasteiger partial charge in [-0.25, -0.2) is 4.39 Å². The first-order chi connectivity index (χ1) is 9.72. The Bertz CT molecular complexity index is 476. The molecule has 0 amide bonds. The van der Waals surface area contributed by atoms with Crippen LogP contribution in [0.4, 0.5) is 4.39 Å². The van der Waals surface area contributed by atoms with E-state index in [0.717, 1.165) is 24.2 Å². The first-order valence-corrected chi connectivity index (χ1v) is 7.72. The summed E-state index contributed by atoms with van der Waals surface area (Å²) in [5.74, 6) is 3.05. The second-order valence-electron chi connectivity index (χ2n) is 6.37. The molecule has 4 atom stereocenters. The van der Waals surface area contributed by atoms with E-state index in [2.05, 4.69) is 5.32 Å². The van der Waals surface area contributed by atoms with Crippen LogP contribution >= 0.6 is 0 Å². The highest BCUT2D eigenvalue weighted by molar-refractivity contribution is 5.37. The third kappa shape index (κ3) is 2.44. The van der Waals surface area contributed by atoms with Gasteiger partial charge in [-0.05, 0) is 62.6 Å². The van der Waals surface area contributed by atoms with E-state index in [1.54, 1.807) is 13.2 Å². The van der Waals surface area contributed by atoms with Gasteiger partial charge in [-0.2, -0.15) is 0 Å². The Morgan fingerprint density at radius 1 is 1.35 bits per heavy atom. The molecule has 20 heavy (non-hydrogen) atoms. The number of hydrogen-bond acceptors (Lipinski definition) is 2. The quantitative estimate of drug-likeness (QED) is 0.880. The van der Waals surface area contributed by atoms with Crippen molar-refractivity contribution in [3.8, 4) is 5.75 Å². The highest BCUT2D eigenvalue weighted by atomic mass is 19.1. The van der Waals surface area contributed by atoms with Crippen LogP contribution in [0, 0.1) is 23.6 Å². The topological polar surface area (TPSA) is 21.3 Å². The van der Waals surface area contributed by atoms with Crippen LogP contribution in [0.3, 0.4) is 0 Å². The Morgan fingerprint density at radius 3 is 2.80 bits per heavy atom. The van der Waals surface area contributed by atoms with Gasteiger partial charge in [0.2, 0.25) is 0 Å². The molecule has 0 radical (unpaired) electrons. The molecule has 3 heteroatoms. The minimum atomic E-state index is -0.160. The Balaban J connectivity index is 1.80. The lowest BCUT2D eigenvalue weighted by Crippen LogP contribution is -2.24. The maximum atomic E-state index is 14.2. The zero-order valence-corrected chi connectivity index (χ0v) is 12.4. The number of fused-ring (bicyclic) bond motifs is 2. The maximum absolute atomic E-state index is 14.2. The number of methoxy groups -OCH3 is 1. The molecule has 0 spiro atoms. The molecule has 1 N–H and O–H groups in total. The second-order valence-corrected chi connectivity index (χ2v) is 6.37. The third-order valence-corrected chi connectivity index (χ3v) is 5.35. The molecule has 2 bridgehead atoms. The lowest BCUT2D eigenvalue weighted by Gasteiger charge is -2.27. The second kappa shape index (κ2) is 5.72. The van der Waals surface area contributed by atoms with Gasteiger partial charge in [-0.3, -0.25) is 0 Å². The molecule has 2 aliphatic rings. The van der Waals surface area contributed by atoms with E-state index in [4.69, 9.17) is 4.74 Å². The Hall–Kier alpha value is -1.09. The van der Waals surface area contributed by atoms with Crippen molar-refractivity contribution in [1.82, 2.24) is 5.32 Å². The van der Waals surface area contributed by atoms with Crippen LogP contribution in [-0.2, 0) is 0 Å². The minimum Gasteiger partial charge on any atom is -0.496 e. The molecule has 2 nitrogen and oxygen atoms in total. The average molecular weight is 277 g/mol. The lowest BCUT2D eigenvalue weighted by molar-refractivity contribution is 0.278. The van der Waals surface area contributed by atoms with E-state index in [0.29, 0.717) is 11.3 Å². The number of benzene rings is 1. The number of halogens is 1. The monoisotopic (exact) mass is 277 g/mol. The molecule has 1 aromatic carbocycles. The van der Waals surface area contributed by atoms with E-state index in [1.165, 1.54) is 31.7 Å². The van der Waals surface area contributed by atoms with Crippen LogP contribution in [-0.4, -0.2) is 14.2 Å². The van der Waals surface area contributed by atoms with Gasteiger partial charge < -0.3 is 10.1 Å². The average Bonchev–Trinajstić information content (AvgIpc) is 3.07. The standard InChI is InChI=1S/C17H24FNO/c1-19-15(10-13-9-11-6-7-12(13)8-11)17-14(18)4-3-5-16(17)20-2/h3-5,11-13,15,19H,6-10H2,1-2H3. The zero-order valence-electron chi connectivity index (χ0n) is 12.4. The van der Waals surface area contributed by atoms with Gasteiger partial charge in [0.05, 0.1) is 7.11 Å². The fourth-order valence-corrected chi connectivity index (χ4v) is 4.38.